The summed E-state index contributed by atoms with van der Waals surface area (Å²) in [4.78, 5) is 14.3. The van der Waals surface area contributed by atoms with E-state index in [2.05, 4.69) is 12.2 Å². The van der Waals surface area contributed by atoms with Crippen LogP contribution in [0.2, 0.25) is 0 Å². The number of hydrogen-bond donors (Lipinski definition) is 1. The van der Waals surface area contributed by atoms with Crippen LogP contribution >= 0.6 is 0 Å². The average molecular weight is 306 g/mol. The summed E-state index contributed by atoms with van der Waals surface area (Å²) in [6, 6.07) is 6.35. The van der Waals surface area contributed by atoms with Crippen LogP contribution in [0.3, 0.4) is 0 Å². The second-order valence-electron chi connectivity index (χ2n) is 6.14. The molecule has 2 aliphatic heterocycles. The van der Waals surface area contributed by atoms with Crippen LogP contribution in [0.5, 0.6) is 0 Å². The topological polar surface area (TPSA) is 41.6 Å². The summed E-state index contributed by atoms with van der Waals surface area (Å²) < 4.78 is 19.6. The van der Waals surface area contributed by atoms with E-state index >= 15 is 0 Å². The minimum absolute atomic E-state index is 0.0406. The number of ether oxygens (including phenoxy) is 1. The van der Waals surface area contributed by atoms with E-state index in [1.165, 1.54) is 6.07 Å². The number of amides is 1. The molecular formula is C17H23FN2O2. The zero-order valence-electron chi connectivity index (χ0n) is 12.9. The Hall–Kier alpha value is -1.46. The Balaban J connectivity index is 1.68. The summed E-state index contributed by atoms with van der Waals surface area (Å²) in [6.07, 6.45) is 3.95. The Labute approximate surface area is 130 Å². The van der Waals surface area contributed by atoms with Gasteiger partial charge < -0.3 is 15.0 Å². The molecule has 1 aromatic rings. The van der Waals surface area contributed by atoms with Crippen LogP contribution in [0.4, 0.5) is 10.1 Å². The fraction of sp³-hybridized carbons (Fsp3) is 0.588. The predicted octanol–water partition coefficient (Wildman–Crippen LogP) is 2.48. The molecule has 0 aliphatic carbocycles. The first-order valence-electron chi connectivity index (χ1n) is 8.10. The van der Waals surface area contributed by atoms with Crippen LogP contribution in [0.15, 0.2) is 24.3 Å². The van der Waals surface area contributed by atoms with Crippen LogP contribution in [-0.4, -0.2) is 37.2 Å². The number of nitrogens with zero attached hydrogens (tertiary/aromatic N) is 1. The molecule has 2 aliphatic rings. The number of anilines is 1. The van der Waals surface area contributed by atoms with Gasteiger partial charge in [-0.25, -0.2) is 4.39 Å². The van der Waals surface area contributed by atoms with Gasteiger partial charge in [0, 0.05) is 19.2 Å². The molecule has 5 heteroatoms. The van der Waals surface area contributed by atoms with Gasteiger partial charge in [0.2, 0.25) is 5.91 Å². The molecular weight excluding hydrogens is 283 g/mol. The maximum absolute atomic E-state index is 13.9. The largest absolute Gasteiger partial charge is 0.377 e. The summed E-state index contributed by atoms with van der Waals surface area (Å²) in [5, 5.41) is 3.39. The normalized spacial score (nSPS) is 27.2. The first kappa shape index (κ1) is 15.4. The first-order valence-corrected chi connectivity index (χ1v) is 8.10. The second kappa shape index (κ2) is 6.75. The molecule has 0 spiro atoms. The molecule has 3 unspecified atom stereocenters. The molecule has 2 heterocycles. The van der Waals surface area contributed by atoms with Crippen molar-refractivity contribution < 1.29 is 13.9 Å². The Morgan fingerprint density at radius 3 is 2.86 bits per heavy atom. The summed E-state index contributed by atoms with van der Waals surface area (Å²) in [6.45, 7) is 3.44. The van der Waals surface area contributed by atoms with Crippen molar-refractivity contribution in [2.24, 2.45) is 0 Å². The van der Waals surface area contributed by atoms with Gasteiger partial charge in [0.05, 0.1) is 17.8 Å². The third-order valence-electron chi connectivity index (χ3n) is 4.57. The molecule has 3 rings (SSSR count). The van der Waals surface area contributed by atoms with Gasteiger partial charge in [0.25, 0.3) is 0 Å². The van der Waals surface area contributed by atoms with E-state index in [4.69, 9.17) is 4.74 Å². The molecule has 1 aromatic carbocycles. The number of hydrogen-bond acceptors (Lipinski definition) is 3. The highest BCUT2D eigenvalue weighted by atomic mass is 19.1. The van der Waals surface area contributed by atoms with E-state index in [0.717, 1.165) is 32.3 Å². The number of halogens is 1. The summed E-state index contributed by atoms with van der Waals surface area (Å²) in [5.41, 5.74) is 0.378. The van der Waals surface area contributed by atoms with E-state index in [0.29, 0.717) is 12.2 Å². The van der Waals surface area contributed by atoms with Gasteiger partial charge in [-0.1, -0.05) is 12.1 Å². The summed E-state index contributed by atoms with van der Waals surface area (Å²) in [5.74, 6) is -0.384. The Morgan fingerprint density at radius 1 is 1.32 bits per heavy atom. The summed E-state index contributed by atoms with van der Waals surface area (Å²) in [7, 11) is 0. The standard InChI is InChI=1S/C17H23FN2O2/c1-12(16-9-5-11-22-16)19-14-7-4-10-20(17(14)21)15-8-3-2-6-13(15)18/h2-3,6,8,12,14,16,19H,4-5,7,9-11H2,1H3. The monoisotopic (exact) mass is 306 g/mol. The lowest BCUT2D eigenvalue weighted by molar-refractivity contribution is -0.122. The maximum Gasteiger partial charge on any atom is 0.244 e. The van der Waals surface area contributed by atoms with Gasteiger partial charge in [-0.2, -0.15) is 0 Å². The van der Waals surface area contributed by atoms with Gasteiger partial charge >= 0.3 is 0 Å². The van der Waals surface area contributed by atoms with Crippen molar-refractivity contribution in [3.63, 3.8) is 0 Å². The van der Waals surface area contributed by atoms with Crippen LogP contribution in [0, 0.1) is 5.82 Å². The number of piperidine rings is 1. The maximum atomic E-state index is 13.9. The number of rotatable bonds is 4. The molecule has 0 aromatic heterocycles. The highest BCUT2D eigenvalue weighted by Gasteiger charge is 2.33. The number of carbonyl (C=O) groups is 1. The number of nitrogens with one attached hydrogen (secondary N) is 1. The SMILES string of the molecule is CC(NC1CCCN(c2ccccc2F)C1=O)C1CCCO1. The fourth-order valence-electron chi connectivity index (χ4n) is 3.36. The number of carbonyl (C=O) groups excluding carboxylic acids is 1. The molecule has 0 radical (unpaired) electrons. The highest BCUT2D eigenvalue weighted by Crippen LogP contribution is 2.25. The second-order valence-corrected chi connectivity index (χ2v) is 6.14. The predicted molar refractivity (Wildman–Crippen MR) is 83.3 cm³/mol. The molecule has 2 fully saturated rings. The molecule has 1 amide bonds. The molecule has 120 valence electrons. The molecule has 3 atom stereocenters. The first-order chi connectivity index (χ1) is 10.7. The van der Waals surface area contributed by atoms with E-state index in [9.17, 15) is 9.18 Å². The van der Waals surface area contributed by atoms with Gasteiger partial charge in [0.15, 0.2) is 0 Å². The van der Waals surface area contributed by atoms with E-state index in [1.807, 2.05) is 0 Å². The number of para-hydroxylation sites is 1. The lowest BCUT2D eigenvalue weighted by Gasteiger charge is -2.35. The highest BCUT2D eigenvalue weighted by molar-refractivity contribution is 5.98. The van der Waals surface area contributed by atoms with Crippen molar-refractivity contribution in [3.8, 4) is 0 Å². The minimum Gasteiger partial charge on any atom is -0.377 e. The van der Waals surface area contributed by atoms with Crippen LogP contribution < -0.4 is 10.2 Å². The van der Waals surface area contributed by atoms with Crippen molar-refractivity contribution >= 4 is 11.6 Å². The van der Waals surface area contributed by atoms with Gasteiger partial charge in [0.1, 0.15) is 5.82 Å². The lowest BCUT2D eigenvalue weighted by atomic mass is 10.0. The third-order valence-corrected chi connectivity index (χ3v) is 4.57. The van der Waals surface area contributed by atoms with Crippen molar-refractivity contribution in [2.75, 3.05) is 18.1 Å². The third kappa shape index (κ3) is 3.15. The molecule has 2 saturated heterocycles. The Kier molecular flexibility index (Phi) is 4.74. The van der Waals surface area contributed by atoms with Crippen LogP contribution in [0.1, 0.15) is 32.6 Å². The van der Waals surface area contributed by atoms with Gasteiger partial charge in [-0.15, -0.1) is 0 Å². The molecule has 1 N–H and O–H groups in total. The van der Waals surface area contributed by atoms with Gasteiger partial charge in [-0.05, 0) is 44.7 Å². The summed E-state index contributed by atoms with van der Waals surface area (Å²) >= 11 is 0. The Bertz CT molecular complexity index is 531. The minimum atomic E-state index is -0.344. The quantitative estimate of drug-likeness (QED) is 0.929. The average Bonchev–Trinajstić information content (AvgIpc) is 3.05. The van der Waals surface area contributed by atoms with E-state index in [1.54, 1.807) is 23.1 Å². The van der Waals surface area contributed by atoms with Gasteiger partial charge in [-0.3, -0.25) is 4.79 Å². The van der Waals surface area contributed by atoms with Crippen LogP contribution in [0.25, 0.3) is 0 Å². The van der Waals surface area contributed by atoms with E-state index < -0.39 is 0 Å². The lowest BCUT2D eigenvalue weighted by Crippen LogP contribution is -2.55. The van der Waals surface area contributed by atoms with Crippen LogP contribution in [-0.2, 0) is 9.53 Å². The number of benzene rings is 1. The molecule has 0 saturated carbocycles. The van der Waals surface area contributed by atoms with E-state index in [-0.39, 0.29) is 29.9 Å². The van der Waals surface area contributed by atoms with Crippen molar-refractivity contribution in [1.82, 2.24) is 5.32 Å². The molecule has 22 heavy (non-hydrogen) atoms. The van der Waals surface area contributed by atoms with Crippen molar-refractivity contribution in [3.05, 3.63) is 30.1 Å². The fourth-order valence-corrected chi connectivity index (χ4v) is 3.36. The smallest absolute Gasteiger partial charge is 0.244 e. The molecule has 4 nitrogen and oxygen atoms in total. The van der Waals surface area contributed by atoms with Crippen molar-refractivity contribution in [2.45, 2.75) is 50.8 Å². The van der Waals surface area contributed by atoms with Crippen molar-refractivity contribution in [1.29, 1.82) is 0 Å². The Morgan fingerprint density at radius 2 is 2.14 bits per heavy atom. The zero-order chi connectivity index (χ0) is 15.5. The zero-order valence-corrected chi connectivity index (χ0v) is 12.9. The molecule has 0 bridgehead atoms.